The average molecular weight is 219 g/mol. The average Bonchev–Trinajstić information content (AvgIpc) is 3.02. The molecule has 0 amide bonds. The number of nitrogens with zero attached hydrogens (tertiary/aromatic N) is 1. The van der Waals surface area contributed by atoms with Gasteiger partial charge in [0.2, 0.25) is 0 Å². The van der Waals surface area contributed by atoms with E-state index in [-0.39, 0.29) is 0 Å². The van der Waals surface area contributed by atoms with Crippen LogP contribution in [0.25, 0.3) is 0 Å². The lowest BCUT2D eigenvalue weighted by Crippen LogP contribution is -2.21. The largest absolute Gasteiger partial charge is 0.478 e. The number of rotatable bonds is 5. The number of carboxylic acids is 1. The Hall–Kier alpha value is -1.35. The van der Waals surface area contributed by atoms with Gasteiger partial charge in [-0.3, -0.25) is 0 Å². The van der Waals surface area contributed by atoms with Gasteiger partial charge in [0.15, 0.2) is 0 Å². The summed E-state index contributed by atoms with van der Waals surface area (Å²) < 4.78 is 0. The van der Waals surface area contributed by atoms with Gasteiger partial charge in [-0.05, 0) is 37.4 Å². The summed E-state index contributed by atoms with van der Waals surface area (Å²) in [7, 11) is 2.05. The van der Waals surface area contributed by atoms with Crippen LogP contribution in [0.15, 0.2) is 24.3 Å². The Morgan fingerprint density at radius 3 is 2.75 bits per heavy atom. The van der Waals surface area contributed by atoms with Crippen LogP contribution in [0.3, 0.4) is 0 Å². The van der Waals surface area contributed by atoms with Gasteiger partial charge < -0.3 is 10.0 Å². The van der Waals surface area contributed by atoms with E-state index < -0.39 is 5.97 Å². The van der Waals surface area contributed by atoms with E-state index in [0.29, 0.717) is 5.56 Å². The molecule has 1 aromatic rings. The molecule has 1 N–H and O–H groups in total. The molecule has 0 heterocycles. The number of carbonyl (C=O) groups is 1. The van der Waals surface area contributed by atoms with Crippen molar-refractivity contribution in [2.45, 2.75) is 19.4 Å². The zero-order valence-corrected chi connectivity index (χ0v) is 9.52. The molecular weight excluding hydrogens is 202 g/mol. The van der Waals surface area contributed by atoms with Crippen molar-refractivity contribution in [3.8, 4) is 0 Å². The minimum absolute atomic E-state index is 0.421. The Balaban J connectivity index is 2.04. The van der Waals surface area contributed by atoms with Gasteiger partial charge in [0, 0.05) is 13.1 Å². The lowest BCUT2D eigenvalue weighted by atomic mass is 10.1. The van der Waals surface area contributed by atoms with Crippen molar-refractivity contribution in [2.24, 2.45) is 5.92 Å². The highest BCUT2D eigenvalue weighted by molar-refractivity contribution is 5.89. The van der Waals surface area contributed by atoms with Gasteiger partial charge >= 0.3 is 5.97 Å². The van der Waals surface area contributed by atoms with Crippen LogP contribution in [-0.2, 0) is 6.54 Å². The molecule has 86 valence electrons. The van der Waals surface area contributed by atoms with E-state index >= 15 is 0 Å². The molecule has 0 radical (unpaired) electrons. The monoisotopic (exact) mass is 219 g/mol. The predicted octanol–water partition coefficient (Wildman–Crippen LogP) is 2.23. The van der Waals surface area contributed by atoms with Crippen molar-refractivity contribution >= 4 is 5.97 Å². The van der Waals surface area contributed by atoms with Crippen LogP contribution in [0.2, 0.25) is 0 Å². The summed E-state index contributed by atoms with van der Waals surface area (Å²) in [4.78, 5) is 13.2. The molecule has 0 atom stereocenters. The molecule has 0 spiro atoms. The quantitative estimate of drug-likeness (QED) is 0.825. The number of aromatic carboxylic acids is 1. The van der Waals surface area contributed by atoms with E-state index in [9.17, 15) is 4.79 Å². The van der Waals surface area contributed by atoms with Crippen LogP contribution >= 0.6 is 0 Å². The van der Waals surface area contributed by atoms with Gasteiger partial charge in [0.1, 0.15) is 0 Å². The van der Waals surface area contributed by atoms with Crippen molar-refractivity contribution in [2.75, 3.05) is 13.6 Å². The molecule has 1 aliphatic carbocycles. The Kier molecular flexibility index (Phi) is 3.25. The van der Waals surface area contributed by atoms with E-state index in [1.54, 1.807) is 12.1 Å². The van der Waals surface area contributed by atoms with Crippen molar-refractivity contribution in [3.63, 3.8) is 0 Å². The number of hydrogen-bond acceptors (Lipinski definition) is 2. The molecule has 16 heavy (non-hydrogen) atoms. The third-order valence-corrected chi connectivity index (χ3v) is 2.95. The maximum Gasteiger partial charge on any atom is 0.336 e. The molecule has 0 aromatic heterocycles. The smallest absolute Gasteiger partial charge is 0.336 e. The minimum atomic E-state index is -0.838. The molecule has 2 rings (SSSR count). The molecule has 0 unspecified atom stereocenters. The zero-order valence-electron chi connectivity index (χ0n) is 9.52. The minimum Gasteiger partial charge on any atom is -0.478 e. The first-order valence-corrected chi connectivity index (χ1v) is 5.66. The van der Waals surface area contributed by atoms with Crippen LogP contribution in [0, 0.1) is 5.92 Å². The van der Waals surface area contributed by atoms with E-state index in [1.165, 1.54) is 12.8 Å². The SMILES string of the molecule is CN(Cc1ccccc1C(=O)O)CC1CC1. The van der Waals surface area contributed by atoms with Gasteiger partial charge in [-0.1, -0.05) is 18.2 Å². The summed E-state index contributed by atoms with van der Waals surface area (Å²) in [6, 6.07) is 7.23. The van der Waals surface area contributed by atoms with Gasteiger partial charge in [-0.25, -0.2) is 4.79 Å². The lowest BCUT2D eigenvalue weighted by Gasteiger charge is -2.17. The summed E-state index contributed by atoms with van der Waals surface area (Å²) in [6.45, 7) is 1.80. The third kappa shape index (κ3) is 2.83. The highest BCUT2D eigenvalue weighted by Crippen LogP contribution is 2.29. The van der Waals surface area contributed by atoms with E-state index in [2.05, 4.69) is 11.9 Å². The van der Waals surface area contributed by atoms with Gasteiger partial charge in [0.05, 0.1) is 5.56 Å². The number of benzene rings is 1. The second-order valence-corrected chi connectivity index (χ2v) is 4.60. The topological polar surface area (TPSA) is 40.5 Å². The summed E-state index contributed by atoms with van der Waals surface area (Å²) in [5.41, 5.74) is 1.32. The lowest BCUT2D eigenvalue weighted by molar-refractivity contribution is 0.0694. The predicted molar refractivity (Wildman–Crippen MR) is 62.5 cm³/mol. The van der Waals surface area contributed by atoms with Gasteiger partial charge in [-0.2, -0.15) is 0 Å². The first kappa shape index (κ1) is 11.1. The van der Waals surface area contributed by atoms with E-state index in [1.807, 2.05) is 12.1 Å². The third-order valence-electron chi connectivity index (χ3n) is 2.95. The van der Waals surface area contributed by atoms with E-state index in [0.717, 1.165) is 24.6 Å². The second kappa shape index (κ2) is 4.66. The fraction of sp³-hybridized carbons (Fsp3) is 0.462. The Labute approximate surface area is 95.7 Å². The first-order valence-electron chi connectivity index (χ1n) is 5.66. The summed E-state index contributed by atoms with van der Waals surface area (Å²) in [6.07, 6.45) is 2.65. The highest BCUT2D eigenvalue weighted by Gasteiger charge is 2.23. The van der Waals surface area contributed by atoms with E-state index in [4.69, 9.17) is 5.11 Å². The molecule has 1 saturated carbocycles. The van der Waals surface area contributed by atoms with Crippen LogP contribution in [0.1, 0.15) is 28.8 Å². The molecule has 0 aliphatic heterocycles. The number of carboxylic acid groups (broad SMARTS) is 1. The molecule has 1 aromatic carbocycles. The highest BCUT2D eigenvalue weighted by atomic mass is 16.4. The maximum absolute atomic E-state index is 11.0. The zero-order chi connectivity index (χ0) is 11.5. The summed E-state index contributed by atoms with van der Waals surface area (Å²) in [5.74, 6) is -0.00240. The molecular formula is C13H17NO2. The second-order valence-electron chi connectivity index (χ2n) is 4.60. The van der Waals surface area contributed by atoms with Gasteiger partial charge in [0.25, 0.3) is 0 Å². The summed E-state index contributed by atoms with van der Waals surface area (Å²) in [5, 5.41) is 9.05. The number of hydrogen-bond donors (Lipinski definition) is 1. The van der Waals surface area contributed by atoms with Crippen LogP contribution in [-0.4, -0.2) is 29.6 Å². The fourth-order valence-corrected chi connectivity index (χ4v) is 1.96. The van der Waals surface area contributed by atoms with Crippen LogP contribution in [0.4, 0.5) is 0 Å². The van der Waals surface area contributed by atoms with Gasteiger partial charge in [-0.15, -0.1) is 0 Å². The summed E-state index contributed by atoms with van der Waals surface area (Å²) >= 11 is 0. The molecule has 3 heteroatoms. The molecule has 3 nitrogen and oxygen atoms in total. The molecule has 0 bridgehead atoms. The molecule has 0 saturated heterocycles. The first-order chi connectivity index (χ1) is 7.66. The standard InChI is InChI=1S/C13H17NO2/c1-14(8-10-6-7-10)9-11-4-2-3-5-12(11)13(15)16/h2-5,10H,6-9H2,1H3,(H,15,16). The Morgan fingerprint density at radius 2 is 2.12 bits per heavy atom. The van der Waals surface area contributed by atoms with Crippen molar-refractivity contribution in [3.05, 3.63) is 35.4 Å². The fourth-order valence-electron chi connectivity index (χ4n) is 1.96. The van der Waals surface area contributed by atoms with Crippen molar-refractivity contribution < 1.29 is 9.90 Å². The normalized spacial score (nSPS) is 15.4. The van der Waals surface area contributed by atoms with Crippen molar-refractivity contribution in [1.82, 2.24) is 4.90 Å². The van der Waals surface area contributed by atoms with Crippen LogP contribution < -0.4 is 0 Å². The van der Waals surface area contributed by atoms with Crippen LogP contribution in [0.5, 0.6) is 0 Å². The molecule has 1 aliphatic rings. The van der Waals surface area contributed by atoms with Crippen molar-refractivity contribution in [1.29, 1.82) is 0 Å². The Morgan fingerprint density at radius 1 is 1.44 bits per heavy atom. The maximum atomic E-state index is 11.0. The molecule has 1 fully saturated rings. The Bertz CT molecular complexity index is 385.